The van der Waals surface area contributed by atoms with Crippen molar-refractivity contribution in [2.75, 3.05) is 23.8 Å². The predicted molar refractivity (Wildman–Crippen MR) is 136 cm³/mol. The highest BCUT2D eigenvalue weighted by Gasteiger charge is 2.30. The Kier molecular flexibility index (Phi) is 7.45. The number of nitrogens with zero attached hydrogens (tertiary/aromatic N) is 1. The van der Waals surface area contributed by atoms with Gasteiger partial charge in [-0.3, -0.25) is 14.4 Å². The molecule has 35 heavy (non-hydrogen) atoms. The van der Waals surface area contributed by atoms with Crippen LogP contribution in [0, 0.1) is 0 Å². The van der Waals surface area contributed by atoms with E-state index in [2.05, 4.69) is 16.7 Å². The molecular formula is C28H29N3O4. The van der Waals surface area contributed by atoms with Gasteiger partial charge in [-0.2, -0.15) is 0 Å². The lowest BCUT2D eigenvalue weighted by Crippen LogP contribution is -2.40. The molecule has 0 saturated carbocycles. The van der Waals surface area contributed by atoms with E-state index in [0.717, 1.165) is 17.7 Å². The first-order valence-electron chi connectivity index (χ1n) is 11.7. The van der Waals surface area contributed by atoms with Crippen molar-refractivity contribution in [2.24, 2.45) is 0 Å². The Labute approximate surface area is 205 Å². The second kappa shape index (κ2) is 10.9. The Hall–Kier alpha value is -4.13. The third-order valence-electron chi connectivity index (χ3n) is 6.05. The van der Waals surface area contributed by atoms with Crippen molar-refractivity contribution < 1.29 is 19.1 Å². The van der Waals surface area contributed by atoms with Gasteiger partial charge in [0.25, 0.3) is 5.91 Å². The number of ether oxygens (including phenoxy) is 1. The van der Waals surface area contributed by atoms with Gasteiger partial charge in [-0.1, -0.05) is 24.3 Å². The van der Waals surface area contributed by atoms with E-state index in [9.17, 15) is 14.4 Å². The van der Waals surface area contributed by atoms with Crippen molar-refractivity contribution >= 4 is 29.1 Å². The van der Waals surface area contributed by atoms with Crippen molar-refractivity contribution in [1.29, 1.82) is 0 Å². The monoisotopic (exact) mass is 471 g/mol. The van der Waals surface area contributed by atoms with Crippen LogP contribution in [-0.2, 0) is 16.0 Å². The van der Waals surface area contributed by atoms with Gasteiger partial charge in [-0.15, -0.1) is 0 Å². The number of rotatable bonds is 7. The van der Waals surface area contributed by atoms with Crippen LogP contribution in [0.1, 0.15) is 47.8 Å². The van der Waals surface area contributed by atoms with Crippen LogP contribution < -0.4 is 15.4 Å². The van der Waals surface area contributed by atoms with Crippen LogP contribution in [0.25, 0.3) is 0 Å². The van der Waals surface area contributed by atoms with Crippen molar-refractivity contribution in [1.82, 2.24) is 4.90 Å². The van der Waals surface area contributed by atoms with Gasteiger partial charge in [0.15, 0.2) is 0 Å². The van der Waals surface area contributed by atoms with Crippen molar-refractivity contribution in [3.05, 3.63) is 89.5 Å². The SMILES string of the molecule is CCOc1ccc(NC(=O)c2ccc(NC(=O)CC3c4ccccc4CCN3C(C)=O)cc2)cc1. The third-order valence-corrected chi connectivity index (χ3v) is 6.05. The van der Waals surface area contributed by atoms with Crippen LogP contribution in [0.2, 0.25) is 0 Å². The number of carbonyl (C=O) groups excluding carboxylic acids is 3. The van der Waals surface area contributed by atoms with E-state index in [0.29, 0.717) is 30.1 Å². The zero-order chi connectivity index (χ0) is 24.8. The lowest BCUT2D eigenvalue weighted by Gasteiger charge is -2.36. The standard InChI is InChI=1S/C28H29N3O4/c1-3-35-24-14-12-23(13-15-24)30-28(34)21-8-10-22(11-9-21)29-27(33)18-26-25-7-5-4-6-20(25)16-17-31(26)19(2)32/h4-15,26H,3,16-18H2,1-2H3,(H,29,33)(H,30,34). The summed E-state index contributed by atoms with van der Waals surface area (Å²) in [5.41, 5.74) is 3.92. The van der Waals surface area contributed by atoms with Gasteiger partial charge in [-0.05, 0) is 73.0 Å². The molecule has 2 N–H and O–H groups in total. The van der Waals surface area contributed by atoms with Crippen LogP contribution in [0.4, 0.5) is 11.4 Å². The Morgan fingerprint density at radius 2 is 1.57 bits per heavy atom. The highest BCUT2D eigenvalue weighted by atomic mass is 16.5. The number of fused-ring (bicyclic) bond motifs is 1. The summed E-state index contributed by atoms with van der Waals surface area (Å²) in [7, 11) is 0. The molecule has 0 aromatic heterocycles. The number of hydrogen-bond donors (Lipinski definition) is 2. The van der Waals surface area contributed by atoms with Gasteiger partial charge in [0, 0.05) is 30.4 Å². The molecule has 1 aliphatic heterocycles. The van der Waals surface area contributed by atoms with E-state index >= 15 is 0 Å². The van der Waals surface area contributed by atoms with E-state index < -0.39 is 0 Å². The molecule has 1 unspecified atom stereocenters. The number of amides is 3. The first-order valence-corrected chi connectivity index (χ1v) is 11.7. The van der Waals surface area contributed by atoms with Crippen LogP contribution in [0.5, 0.6) is 5.75 Å². The van der Waals surface area contributed by atoms with Gasteiger partial charge in [0.05, 0.1) is 19.1 Å². The second-order valence-electron chi connectivity index (χ2n) is 8.42. The smallest absolute Gasteiger partial charge is 0.255 e. The largest absolute Gasteiger partial charge is 0.494 e. The Balaban J connectivity index is 1.38. The normalized spacial score (nSPS) is 14.6. The van der Waals surface area contributed by atoms with Crippen LogP contribution >= 0.6 is 0 Å². The molecule has 3 amide bonds. The molecule has 3 aromatic carbocycles. The molecule has 1 atom stereocenters. The fourth-order valence-corrected chi connectivity index (χ4v) is 4.35. The maximum atomic E-state index is 12.9. The zero-order valence-corrected chi connectivity index (χ0v) is 19.9. The first kappa shape index (κ1) is 24.0. The second-order valence-corrected chi connectivity index (χ2v) is 8.42. The summed E-state index contributed by atoms with van der Waals surface area (Å²) < 4.78 is 5.41. The molecule has 7 heteroatoms. The fourth-order valence-electron chi connectivity index (χ4n) is 4.35. The van der Waals surface area contributed by atoms with Crippen molar-refractivity contribution in [2.45, 2.75) is 32.7 Å². The van der Waals surface area contributed by atoms with Crippen LogP contribution in [0.3, 0.4) is 0 Å². The minimum atomic E-state index is -0.295. The average Bonchev–Trinajstić information content (AvgIpc) is 2.86. The average molecular weight is 472 g/mol. The zero-order valence-electron chi connectivity index (χ0n) is 19.9. The lowest BCUT2D eigenvalue weighted by molar-refractivity contribution is -0.132. The minimum absolute atomic E-state index is 0.0415. The number of nitrogens with one attached hydrogen (secondary N) is 2. The minimum Gasteiger partial charge on any atom is -0.494 e. The molecule has 0 bridgehead atoms. The summed E-state index contributed by atoms with van der Waals surface area (Å²) in [5.74, 6) is 0.265. The Morgan fingerprint density at radius 3 is 2.26 bits per heavy atom. The van der Waals surface area contributed by atoms with Crippen molar-refractivity contribution in [3.63, 3.8) is 0 Å². The molecule has 3 aromatic rings. The Morgan fingerprint density at radius 1 is 0.914 bits per heavy atom. The summed E-state index contributed by atoms with van der Waals surface area (Å²) in [6.45, 7) is 4.63. The molecule has 0 fully saturated rings. The van der Waals surface area contributed by atoms with E-state index in [-0.39, 0.29) is 30.2 Å². The van der Waals surface area contributed by atoms with Crippen molar-refractivity contribution in [3.8, 4) is 5.75 Å². The summed E-state index contributed by atoms with van der Waals surface area (Å²) >= 11 is 0. The third kappa shape index (κ3) is 5.87. The maximum Gasteiger partial charge on any atom is 0.255 e. The molecule has 7 nitrogen and oxygen atoms in total. The summed E-state index contributed by atoms with van der Waals surface area (Å²) in [4.78, 5) is 39.4. The van der Waals surface area contributed by atoms with E-state index in [1.807, 2.05) is 25.1 Å². The highest BCUT2D eigenvalue weighted by Crippen LogP contribution is 2.32. The fraction of sp³-hybridized carbons (Fsp3) is 0.250. The topological polar surface area (TPSA) is 87.7 Å². The maximum absolute atomic E-state index is 12.9. The van der Waals surface area contributed by atoms with Gasteiger partial charge in [-0.25, -0.2) is 0 Å². The summed E-state index contributed by atoms with van der Waals surface area (Å²) in [6.07, 6.45) is 0.949. The molecule has 0 saturated heterocycles. The summed E-state index contributed by atoms with van der Waals surface area (Å²) in [5, 5.41) is 5.74. The molecule has 1 aliphatic rings. The van der Waals surface area contributed by atoms with E-state index in [1.165, 1.54) is 12.5 Å². The predicted octanol–water partition coefficient (Wildman–Crippen LogP) is 4.81. The molecule has 0 radical (unpaired) electrons. The van der Waals surface area contributed by atoms with Gasteiger partial charge in [0.2, 0.25) is 11.8 Å². The number of carbonyl (C=O) groups is 3. The van der Waals surface area contributed by atoms with Crippen LogP contribution in [0.15, 0.2) is 72.8 Å². The highest BCUT2D eigenvalue weighted by molar-refractivity contribution is 6.04. The van der Waals surface area contributed by atoms with Crippen LogP contribution in [-0.4, -0.2) is 35.8 Å². The quantitative estimate of drug-likeness (QED) is 0.518. The summed E-state index contributed by atoms with van der Waals surface area (Å²) in [6, 6.07) is 21.5. The molecule has 0 spiro atoms. The number of anilines is 2. The van der Waals surface area contributed by atoms with E-state index in [4.69, 9.17) is 4.74 Å². The van der Waals surface area contributed by atoms with Gasteiger partial charge in [0.1, 0.15) is 5.75 Å². The number of hydrogen-bond acceptors (Lipinski definition) is 4. The molecule has 1 heterocycles. The van der Waals surface area contributed by atoms with Gasteiger partial charge < -0.3 is 20.3 Å². The Bertz CT molecular complexity index is 1210. The number of benzene rings is 3. The first-order chi connectivity index (χ1) is 16.9. The molecule has 180 valence electrons. The van der Waals surface area contributed by atoms with Gasteiger partial charge >= 0.3 is 0 Å². The molecule has 4 rings (SSSR count). The van der Waals surface area contributed by atoms with E-state index in [1.54, 1.807) is 53.4 Å². The molecule has 0 aliphatic carbocycles. The molecular weight excluding hydrogens is 442 g/mol. The lowest BCUT2D eigenvalue weighted by atomic mass is 9.90.